The van der Waals surface area contributed by atoms with E-state index < -0.39 is 18.6 Å². The largest absolute Gasteiger partial charge is 0.390 e. The fraction of sp³-hybridized carbons (Fsp3) is 0.667. The minimum Gasteiger partial charge on any atom is -0.322 e. The lowest BCUT2D eigenvalue weighted by atomic mass is 10.1. The Balaban J connectivity index is 2.84. The van der Waals surface area contributed by atoms with Crippen molar-refractivity contribution >= 4 is 15.9 Å². The van der Waals surface area contributed by atoms with Gasteiger partial charge in [-0.2, -0.15) is 13.2 Å². The van der Waals surface area contributed by atoms with Gasteiger partial charge in [0, 0.05) is 7.05 Å². The molecule has 0 unspecified atom stereocenters. The molecule has 0 radical (unpaired) electrons. The molecule has 0 amide bonds. The summed E-state index contributed by atoms with van der Waals surface area (Å²) in [4.78, 5) is 0. The molecule has 0 bridgehead atoms. The van der Waals surface area contributed by atoms with Crippen molar-refractivity contribution in [3.05, 3.63) is 10.3 Å². The van der Waals surface area contributed by atoms with E-state index in [1.54, 1.807) is 0 Å². The first-order valence-corrected chi connectivity index (χ1v) is 4.48. The highest BCUT2D eigenvalue weighted by molar-refractivity contribution is 9.10. The summed E-state index contributed by atoms with van der Waals surface area (Å²) in [5.41, 5.74) is 5.61. The first kappa shape index (κ1) is 11.4. The predicted octanol–water partition coefficient (Wildman–Crippen LogP) is 1.53. The molecule has 0 spiro atoms. The zero-order valence-electron chi connectivity index (χ0n) is 7.22. The van der Waals surface area contributed by atoms with Crippen molar-refractivity contribution in [3.8, 4) is 0 Å². The van der Waals surface area contributed by atoms with E-state index in [9.17, 15) is 13.2 Å². The maximum Gasteiger partial charge on any atom is 0.390 e. The number of nitrogens with two attached hydrogens (primary N) is 1. The van der Waals surface area contributed by atoms with Crippen LogP contribution < -0.4 is 5.73 Å². The average molecular weight is 273 g/mol. The van der Waals surface area contributed by atoms with Crippen LogP contribution >= 0.6 is 15.9 Å². The molecule has 1 heterocycles. The molecule has 14 heavy (non-hydrogen) atoms. The molecule has 4 nitrogen and oxygen atoms in total. The normalized spacial score (nSPS) is 14.4. The van der Waals surface area contributed by atoms with Crippen LogP contribution in [0.4, 0.5) is 13.2 Å². The summed E-state index contributed by atoms with van der Waals surface area (Å²) in [7, 11) is 1.49. The molecule has 0 saturated carbocycles. The summed E-state index contributed by atoms with van der Waals surface area (Å²) < 4.78 is 37.5. The molecule has 0 aliphatic carbocycles. The van der Waals surface area contributed by atoms with E-state index >= 15 is 0 Å². The highest BCUT2D eigenvalue weighted by atomic mass is 79.9. The van der Waals surface area contributed by atoms with Crippen LogP contribution in [0.1, 0.15) is 18.2 Å². The van der Waals surface area contributed by atoms with E-state index in [4.69, 9.17) is 5.73 Å². The highest BCUT2D eigenvalue weighted by Gasteiger charge is 2.33. The van der Waals surface area contributed by atoms with Gasteiger partial charge in [0.05, 0.1) is 18.2 Å². The van der Waals surface area contributed by atoms with Gasteiger partial charge in [-0.25, -0.2) is 4.68 Å². The number of aryl methyl sites for hydroxylation is 1. The van der Waals surface area contributed by atoms with Gasteiger partial charge in [-0.3, -0.25) is 0 Å². The summed E-state index contributed by atoms with van der Waals surface area (Å²) in [5, 5.41) is 7.09. The molecule has 1 aromatic heterocycles. The Morgan fingerprint density at radius 2 is 2.14 bits per heavy atom. The summed E-state index contributed by atoms with van der Waals surface area (Å²) >= 11 is 2.98. The Kier molecular flexibility index (Phi) is 3.15. The Hall–Kier alpha value is -0.630. The third-order valence-corrected chi connectivity index (χ3v) is 2.19. The molecule has 0 aliphatic heterocycles. The SMILES string of the molecule is Cn1nnc(Br)c1[C@H](N)CC(F)(F)F. The molecule has 2 N–H and O–H groups in total. The Morgan fingerprint density at radius 3 is 2.50 bits per heavy atom. The second kappa shape index (κ2) is 3.85. The van der Waals surface area contributed by atoms with Gasteiger partial charge in [-0.1, -0.05) is 5.21 Å². The van der Waals surface area contributed by atoms with Crippen LogP contribution in [0.3, 0.4) is 0 Å². The summed E-state index contributed by atoms with van der Waals surface area (Å²) in [5.74, 6) is 0. The van der Waals surface area contributed by atoms with Gasteiger partial charge in [-0.05, 0) is 15.9 Å². The van der Waals surface area contributed by atoms with Crippen molar-refractivity contribution in [3.63, 3.8) is 0 Å². The highest BCUT2D eigenvalue weighted by Crippen LogP contribution is 2.29. The number of hydrogen-bond donors (Lipinski definition) is 1. The number of halogens is 4. The molecule has 0 aromatic carbocycles. The molecule has 1 rings (SSSR count). The number of nitrogens with zero attached hydrogens (tertiary/aromatic N) is 3. The Bertz CT molecular complexity index is 302. The zero-order chi connectivity index (χ0) is 10.9. The van der Waals surface area contributed by atoms with Gasteiger partial charge in [0.2, 0.25) is 0 Å². The van der Waals surface area contributed by atoms with Crippen molar-refractivity contribution in [2.45, 2.75) is 18.6 Å². The first-order chi connectivity index (χ1) is 6.31. The van der Waals surface area contributed by atoms with Crippen LogP contribution in [0.25, 0.3) is 0 Å². The van der Waals surface area contributed by atoms with Crippen molar-refractivity contribution in [2.24, 2.45) is 12.8 Å². The molecule has 0 fully saturated rings. The minimum atomic E-state index is -4.29. The monoisotopic (exact) mass is 272 g/mol. The topological polar surface area (TPSA) is 56.7 Å². The van der Waals surface area contributed by atoms with Crippen molar-refractivity contribution < 1.29 is 13.2 Å². The number of aromatic nitrogens is 3. The van der Waals surface area contributed by atoms with Crippen LogP contribution in [-0.2, 0) is 7.05 Å². The second-order valence-corrected chi connectivity index (χ2v) is 3.57. The van der Waals surface area contributed by atoms with Gasteiger partial charge in [0.25, 0.3) is 0 Å². The van der Waals surface area contributed by atoms with Crippen LogP contribution in [0.2, 0.25) is 0 Å². The third kappa shape index (κ3) is 2.68. The molecular weight excluding hydrogens is 265 g/mol. The van der Waals surface area contributed by atoms with E-state index in [0.717, 1.165) is 0 Å². The molecule has 0 aliphatic rings. The number of rotatable bonds is 2. The van der Waals surface area contributed by atoms with E-state index in [0.29, 0.717) is 0 Å². The van der Waals surface area contributed by atoms with Gasteiger partial charge in [0.1, 0.15) is 0 Å². The quantitative estimate of drug-likeness (QED) is 0.889. The first-order valence-electron chi connectivity index (χ1n) is 3.68. The lowest BCUT2D eigenvalue weighted by Gasteiger charge is -2.13. The summed E-state index contributed by atoms with van der Waals surface area (Å²) in [6.07, 6.45) is -5.38. The second-order valence-electron chi connectivity index (χ2n) is 2.81. The van der Waals surface area contributed by atoms with Crippen molar-refractivity contribution in [1.29, 1.82) is 0 Å². The Morgan fingerprint density at radius 1 is 1.57 bits per heavy atom. The third-order valence-electron chi connectivity index (χ3n) is 1.63. The van der Waals surface area contributed by atoms with Gasteiger partial charge < -0.3 is 5.73 Å². The van der Waals surface area contributed by atoms with Gasteiger partial charge in [-0.15, -0.1) is 5.10 Å². The van der Waals surface area contributed by atoms with Crippen LogP contribution in [0.15, 0.2) is 4.60 Å². The van der Waals surface area contributed by atoms with E-state index in [1.807, 2.05) is 0 Å². The van der Waals surface area contributed by atoms with Gasteiger partial charge >= 0.3 is 6.18 Å². The lowest BCUT2D eigenvalue weighted by molar-refractivity contribution is -0.138. The number of alkyl halides is 3. The minimum absolute atomic E-state index is 0.238. The van der Waals surface area contributed by atoms with E-state index in [-0.39, 0.29) is 10.3 Å². The smallest absolute Gasteiger partial charge is 0.322 e. The maximum atomic E-state index is 12.0. The lowest BCUT2D eigenvalue weighted by Crippen LogP contribution is -2.22. The van der Waals surface area contributed by atoms with E-state index in [2.05, 4.69) is 26.2 Å². The van der Waals surface area contributed by atoms with Crippen molar-refractivity contribution in [2.75, 3.05) is 0 Å². The maximum absolute atomic E-state index is 12.0. The van der Waals surface area contributed by atoms with Gasteiger partial charge in [0.15, 0.2) is 4.60 Å². The molecule has 0 saturated heterocycles. The Labute approximate surface area is 86.4 Å². The van der Waals surface area contributed by atoms with Crippen molar-refractivity contribution in [1.82, 2.24) is 15.0 Å². The molecule has 80 valence electrons. The predicted molar refractivity (Wildman–Crippen MR) is 46.3 cm³/mol. The number of hydrogen-bond acceptors (Lipinski definition) is 3. The standard InChI is InChI=1S/C6H8BrF3N4/c1-14-4(5(7)12-13-14)3(11)2-6(8,9)10/h3H,2,11H2,1H3/t3-/m1/s1. The van der Waals surface area contributed by atoms with E-state index in [1.165, 1.54) is 11.7 Å². The van der Waals surface area contributed by atoms with Crippen LogP contribution in [0, 0.1) is 0 Å². The molecule has 1 aromatic rings. The zero-order valence-corrected chi connectivity index (χ0v) is 8.80. The summed E-state index contributed by atoms with van der Waals surface area (Å²) in [6.45, 7) is 0. The summed E-state index contributed by atoms with van der Waals surface area (Å²) in [6, 6.07) is -1.15. The molecule has 1 atom stereocenters. The fourth-order valence-electron chi connectivity index (χ4n) is 1.08. The van der Waals surface area contributed by atoms with Crippen LogP contribution in [-0.4, -0.2) is 21.2 Å². The molecular formula is C6H8BrF3N4. The molecule has 8 heteroatoms. The van der Waals surface area contributed by atoms with Crippen LogP contribution in [0.5, 0.6) is 0 Å². The fourth-order valence-corrected chi connectivity index (χ4v) is 1.70. The average Bonchev–Trinajstić information content (AvgIpc) is 2.27.